The fourth-order valence-electron chi connectivity index (χ4n) is 8.13. The van der Waals surface area contributed by atoms with Gasteiger partial charge in [-0.05, 0) is 61.4 Å². The number of ether oxygens (including phenoxy) is 8. The fourth-order valence-corrected chi connectivity index (χ4v) is 8.13. The number of carbonyl (C=O) groups is 2. The molecule has 0 amide bonds. The second-order valence-corrected chi connectivity index (χ2v) is 15.6. The van der Waals surface area contributed by atoms with Crippen molar-refractivity contribution in [1.82, 2.24) is 5.32 Å². The number of benzene rings is 3. The molecular weight excluding hydrogens is 772 g/mol. The molecule has 0 aliphatic carbocycles. The molecule has 17 nitrogen and oxygen atoms in total. The van der Waals surface area contributed by atoms with Gasteiger partial charge in [0.25, 0.3) is 0 Å². The summed E-state index contributed by atoms with van der Waals surface area (Å²) < 4.78 is 48.6. The van der Waals surface area contributed by atoms with Crippen molar-refractivity contribution in [3.8, 4) is 34.5 Å². The number of aliphatic hydroxyl groups is 1. The number of hydrogen-bond acceptors (Lipinski definition) is 16. The lowest BCUT2D eigenvalue weighted by atomic mass is 9.84. The van der Waals surface area contributed by atoms with Gasteiger partial charge in [-0.15, -0.1) is 0 Å². The highest BCUT2D eigenvalue weighted by molar-refractivity contribution is 5.90. The summed E-state index contributed by atoms with van der Waals surface area (Å²) in [4.78, 5) is 35.7. The van der Waals surface area contributed by atoms with E-state index in [-0.39, 0.29) is 30.8 Å². The summed E-state index contributed by atoms with van der Waals surface area (Å²) in [6.45, 7) is 4.61. The maximum absolute atomic E-state index is 12.2. The van der Waals surface area contributed by atoms with Crippen LogP contribution >= 0.6 is 0 Å². The number of fused-ring (bicyclic) bond motifs is 8. The van der Waals surface area contributed by atoms with Gasteiger partial charge in [-0.1, -0.05) is 26.0 Å². The largest absolute Gasteiger partial charge is 0.508 e. The zero-order valence-corrected chi connectivity index (χ0v) is 32.7. The number of aliphatic carboxylic acids is 1. The van der Waals surface area contributed by atoms with Crippen LogP contribution in [0.25, 0.3) is 0 Å². The first-order valence-corrected chi connectivity index (χ1v) is 19.6. The monoisotopic (exact) mass is 820 g/mol. The number of rotatable bonds is 12. The normalized spacial score (nSPS) is 27.2. The number of hydrogen-bond donors (Lipinski definition) is 5. The molecule has 8 rings (SSSR count). The maximum Gasteiger partial charge on any atom is 0.317 e. The van der Waals surface area contributed by atoms with Crippen LogP contribution in [0.2, 0.25) is 0 Å². The zero-order chi connectivity index (χ0) is 41.4. The molecule has 0 unspecified atom stereocenters. The molecule has 0 radical (unpaired) electrons. The Morgan fingerprint density at radius 3 is 2.59 bits per heavy atom. The first-order valence-electron chi connectivity index (χ1n) is 19.6. The van der Waals surface area contributed by atoms with Gasteiger partial charge in [-0.3, -0.25) is 9.59 Å². The van der Waals surface area contributed by atoms with Gasteiger partial charge in [0.05, 0.1) is 25.4 Å². The van der Waals surface area contributed by atoms with Crippen molar-refractivity contribution < 1.29 is 72.6 Å². The summed E-state index contributed by atoms with van der Waals surface area (Å²) in [7, 11) is 1.74. The Bertz CT molecular complexity index is 2080. The van der Waals surface area contributed by atoms with E-state index in [4.69, 9.17) is 58.5 Å². The van der Waals surface area contributed by atoms with Crippen LogP contribution in [-0.2, 0) is 39.8 Å². The second kappa shape index (κ2) is 17.1. The van der Waals surface area contributed by atoms with Crippen molar-refractivity contribution >= 4 is 11.9 Å². The van der Waals surface area contributed by atoms with E-state index in [9.17, 15) is 19.8 Å². The molecule has 5 heterocycles. The number of aromatic hydroxyl groups is 1. The van der Waals surface area contributed by atoms with Crippen molar-refractivity contribution in [2.45, 2.75) is 81.4 Å². The number of esters is 1. The minimum absolute atomic E-state index is 0.0180. The molecule has 17 heteroatoms. The molecule has 0 saturated carbocycles. The molecule has 0 spiro atoms. The summed E-state index contributed by atoms with van der Waals surface area (Å²) in [5, 5.41) is 34.2. The van der Waals surface area contributed by atoms with E-state index in [0.29, 0.717) is 59.4 Å². The topological polar surface area (TPSA) is 225 Å². The van der Waals surface area contributed by atoms with E-state index in [2.05, 4.69) is 19.2 Å². The Hall–Kier alpha value is -5.30. The maximum atomic E-state index is 12.2. The van der Waals surface area contributed by atoms with Gasteiger partial charge in [-0.2, -0.15) is 4.89 Å². The quantitative estimate of drug-likeness (QED) is 0.100. The lowest BCUT2D eigenvalue weighted by molar-refractivity contribution is -0.373. The van der Waals surface area contributed by atoms with Crippen molar-refractivity contribution in [3.05, 3.63) is 82.6 Å². The molecule has 1 saturated heterocycles. The molecular formula is C42H48N2O15. The molecule has 316 valence electrons. The van der Waals surface area contributed by atoms with Crippen LogP contribution in [0.15, 0.2) is 54.8 Å². The summed E-state index contributed by atoms with van der Waals surface area (Å²) >= 11 is 0. The van der Waals surface area contributed by atoms with Crippen molar-refractivity contribution in [1.29, 1.82) is 0 Å². The lowest BCUT2D eigenvalue weighted by Gasteiger charge is -2.43. The Kier molecular flexibility index (Phi) is 11.7. The standard InChI is InChI=1S/C42H48N2O15/c1-20(2)9-28-37-26(12-32-39(28)55-19-54-32)29-17-51-30-11-25-24(21-5-4-6-23(45)10-21)7-8-50-40-36(49)33(18-52-35(48)14-34(46)47)56-42(53-16-22(43)15-44-3)41(40)59-58-31(25)13-27(30)38(29)57-37/h4-8,10-13,20,22,24,29,33,36,38,40-42,44-45,49H,9,14-19,43H2,1-3H3,(H,46,47)/b8-7-/t22-,24+,29+,33+,36+,38+,40-,41+,42+/m0/s1. The van der Waals surface area contributed by atoms with E-state index < -0.39 is 73.7 Å². The number of carboxylic acids is 1. The number of allylic oxidation sites excluding steroid dienone is 1. The average Bonchev–Trinajstić information content (AvgIpc) is 3.83. The van der Waals surface area contributed by atoms with E-state index in [1.165, 1.54) is 6.26 Å². The fraction of sp³-hybridized carbons (Fsp3) is 0.476. The number of nitrogens with two attached hydrogens (primary N) is 1. The zero-order valence-electron chi connectivity index (χ0n) is 32.7. The number of phenols is 1. The number of phenolic OH excluding ortho intramolecular Hbond substituents is 1. The van der Waals surface area contributed by atoms with Crippen LogP contribution < -0.4 is 34.9 Å². The summed E-state index contributed by atoms with van der Waals surface area (Å²) in [6.07, 6.45) is -3.97. The highest BCUT2D eigenvalue weighted by atomic mass is 17.2. The number of aliphatic hydroxyl groups excluding tert-OH is 1. The predicted molar refractivity (Wildman–Crippen MR) is 204 cm³/mol. The van der Waals surface area contributed by atoms with Crippen LogP contribution in [0.1, 0.15) is 66.0 Å². The van der Waals surface area contributed by atoms with Gasteiger partial charge in [-0.25, -0.2) is 0 Å². The molecule has 59 heavy (non-hydrogen) atoms. The van der Waals surface area contributed by atoms with Crippen LogP contribution in [0.3, 0.4) is 0 Å². The molecule has 6 N–H and O–H groups in total. The van der Waals surface area contributed by atoms with E-state index in [0.717, 1.165) is 16.9 Å². The Morgan fingerprint density at radius 1 is 1.00 bits per heavy atom. The van der Waals surface area contributed by atoms with Crippen molar-refractivity contribution in [2.24, 2.45) is 11.7 Å². The third-order valence-electron chi connectivity index (χ3n) is 10.8. The third-order valence-corrected chi connectivity index (χ3v) is 10.8. The van der Waals surface area contributed by atoms with Gasteiger partial charge in [0.1, 0.15) is 48.6 Å². The van der Waals surface area contributed by atoms with Gasteiger partial charge in [0.15, 0.2) is 35.7 Å². The van der Waals surface area contributed by atoms with E-state index in [1.54, 1.807) is 37.4 Å². The molecule has 1 fully saturated rings. The predicted octanol–water partition coefficient (Wildman–Crippen LogP) is 3.32. The molecule has 0 aromatic heterocycles. The minimum Gasteiger partial charge on any atom is -0.508 e. The van der Waals surface area contributed by atoms with Crippen LogP contribution in [0.4, 0.5) is 0 Å². The number of likely N-dealkylation sites (N-methyl/N-ethyl adjacent to an activating group) is 1. The SMILES string of the molecule is CNC[C@H](N)CO[C@@H]1O[C@H](COC(=O)CC(=O)O)[C@@H](O)[C@@H]2O/C=C\[C@H](c3cccc(O)c3)c3cc4c(cc3OO[C@@H]12)[C@H]1Oc2c(cc3c(c2CC(C)C)OCO3)[C@H]1CO4. The first-order chi connectivity index (χ1) is 28.5. The van der Waals surface area contributed by atoms with Gasteiger partial charge in [0.2, 0.25) is 6.79 Å². The number of carboxylic acid groups (broad SMARTS) is 1. The van der Waals surface area contributed by atoms with Crippen LogP contribution in [-0.4, -0.2) is 104 Å². The van der Waals surface area contributed by atoms with E-state index >= 15 is 0 Å². The lowest BCUT2D eigenvalue weighted by Crippen LogP contribution is -2.61. The highest BCUT2D eigenvalue weighted by Gasteiger charge is 2.51. The summed E-state index contributed by atoms with van der Waals surface area (Å²) in [5.41, 5.74) is 10.1. The molecule has 0 bridgehead atoms. The van der Waals surface area contributed by atoms with Gasteiger partial charge in [0, 0.05) is 40.8 Å². The van der Waals surface area contributed by atoms with Crippen molar-refractivity contribution in [2.75, 3.05) is 40.2 Å². The third kappa shape index (κ3) is 8.31. The average molecular weight is 821 g/mol. The van der Waals surface area contributed by atoms with Crippen LogP contribution in [0.5, 0.6) is 34.5 Å². The molecule has 3 aromatic carbocycles. The van der Waals surface area contributed by atoms with Crippen LogP contribution in [0, 0.1) is 5.92 Å². The molecule has 3 aromatic rings. The smallest absolute Gasteiger partial charge is 0.317 e. The van der Waals surface area contributed by atoms with Crippen molar-refractivity contribution in [3.63, 3.8) is 0 Å². The van der Waals surface area contributed by atoms with Gasteiger partial charge < -0.3 is 69.2 Å². The number of nitrogens with one attached hydrogen (secondary N) is 1. The Balaban J connectivity index is 1.16. The number of carbonyl (C=O) groups excluding carboxylic acids is 1. The molecule has 5 aliphatic heterocycles. The molecule has 5 aliphatic rings. The molecule has 9 atom stereocenters. The highest BCUT2D eigenvalue weighted by Crippen LogP contribution is 2.58. The summed E-state index contributed by atoms with van der Waals surface area (Å²) in [5.74, 6) is 0.134. The Labute approximate surface area is 339 Å². The van der Waals surface area contributed by atoms with E-state index in [1.807, 2.05) is 18.2 Å². The minimum atomic E-state index is -1.49. The van der Waals surface area contributed by atoms with Gasteiger partial charge >= 0.3 is 11.9 Å². The Morgan fingerprint density at radius 2 is 1.81 bits per heavy atom. The summed E-state index contributed by atoms with van der Waals surface area (Å²) in [6, 6.07) is 11.9. The second-order valence-electron chi connectivity index (χ2n) is 15.6. The first kappa shape index (κ1) is 40.5.